The summed E-state index contributed by atoms with van der Waals surface area (Å²) in [5, 5.41) is 3.93. The first-order valence-corrected chi connectivity index (χ1v) is 6.13. The van der Waals surface area contributed by atoms with E-state index in [0.29, 0.717) is 10.8 Å². The lowest BCUT2D eigenvalue weighted by atomic mass is 10.2. The molecule has 0 unspecified atom stereocenters. The summed E-state index contributed by atoms with van der Waals surface area (Å²) in [6, 6.07) is 7.44. The van der Waals surface area contributed by atoms with Crippen molar-refractivity contribution in [1.29, 1.82) is 0 Å². The fraction of sp³-hybridized carbons (Fsp3) is 0.231. The predicted octanol–water partition coefficient (Wildman–Crippen LogP) is 3.33. The fourth-order valence-electron chi connectivity index (χ4n) is 1.53. The van der Waals surface area contributed by atoms with Crippen LogP contribution in [0.4, 0.5) is 17.3 Å². The zero-order valence-corrected chi connectivity index (χ0v) is 11.1. The summed E-state index contributed by atoms with van der Waals surface area (Å²) in [5.74, 6) is 1.98. The molecule has 2 aromatic rings. The van der Waals surface area contributed by atoms with Crippen LogP contribution in [0.3, 0.4) is 0 Å². The SMILES string of the molecule is CCc1nc(N)c(C)c(Nc2ccc(Cl)cc2)n1. The average molecular weight is 263 g/mol. The van der Waals surface area contributed by atoms with E-state index in [9.17, 15) is 0 Å². The Kier molecular flexibility index (Phi) is 3.67. The van der Waals surface area contributed by atoms with Gasteiger partial charge in [0.15, 0.2) is 0 Å². The van der Waals surface area contributed by atoms with E-state index in [-0.39, 0.29) is 0 Å². The van der Waals surface area contributed by atoms with Gasteiger partial charge in [-0.1, -0.05) is 18.5 Å². The number of hydrogen-bond acceptors (Lipinski definition) is 4. The standard InChI is InChI=1S/C13H15ClN4/c1-3-11-17-12(15)8(2)13(18-11)16-10-6-4-9(14)5-7-10/h4-7H,3H2,1-2H3,(H3,15,16,17,18). The number of nitrogens with two attached hydrogens (primary N) is 1. The molecular formula is C13H15ClN4. The molecule has 5 heteroatoms. The predicted molar refractivity (Wildman–Crippen MR) is 75.3 cm³/mol. The van der Waals surface area contributed by atoms with Gasteiger partial charge in [-0.3, -0.25) is 0 Å². The molecule has 1 heterocycles. The van der Waals surface area contributed by atoms with Crippen molar-refractivity contribution in [3.8, 4) is 0 Å². The Bertz CT molecular complexity index is 552. The number of aryl methyl sites for hydroxylation is 1. The maximum atomic E-state index is 5.86. The summed E-state index contributed by atoms with van der Waals surface area (Å²) in [5.41, 5.74) is 7.63. The highest BCUT2D eigenvalue weighted by molar-refractivity contribution is 6.30. The lowest BCUT2D eigenvalue weighted by Crippen LogP contribution is -2.06. The van der Waals surface area contributed by atoms with E-state index < -0.39 is 0 Å². The topological polar surface area (TPSA) is 63.8 Å². The van der Waals surface area contributed by atoms with Crippen LogP contribution in [0.5, 0.6) is 0 Å². The Morgan fingerprint density at radius 1 is 1.22 bits per heavy atom. The molecule has 94 valence electrons. The molecular weight excluding hydrogens is 248 g/mol. The second-order valence-electron chi connectivity index (χ2n) is 3.98. The number of halogens is 1. The zero-order valence-electron chi connectivity index (χ0n) is 10.4. The molecule has 18 heavy (non-hydrogen) atoms. The van der Waals surface area contributed by atoms with Gasteiger partial charge >= 0.3 is 0 Å². The van der Waals surface area contributed by atoms with Crippen molar-refractivity contribution < 1.29 is 0 Å². The highest BCUT2D eigenvalue weighted by Crippen LogP contribution is 2.23. The first-order valence-electron chi connectivity index (χ1n) is 5.75. The van der Waals surface area contributed by atoms with Crippen molar-refractivity contribution in [3.63, 3.8) is 0 Å². The summed E-state index contributed by atoms with van der Waals surface area (Å²) in [6.45, 7) is 3.89. The van der Waals surface area contributed by atoms with Crippen molar-refractivity contribution in [2.75, 3.05) is 11.1 Å². The highest BCUT2D eigenvalue weighted by Gasteiger charge is 2.07. The number of nitrogens with one attached hydrogen (secondary N) is 1. The minimum atomic E-state index is 0.512. The van der Waals surface area contributed by atoms with Crippen LogP contribution in [0.15, 0.2) is 24.3 Å². The Morgan fingerprint density at radius 3 is 2.50 bits per heavy atom. The summed E-state index contributed by atoms with van der Waals surface area (Å²) in [7, 11) is 0. The van der Waals surface area contributed by atoms with E-state index in [1.807, 2.05) is 38.1 Å². The monoisotopic (exact) mass is 262 g/mol. The summed E-state index contributed by atoms with van der Waals surface area (Å²) < 4.78 is 0. The van der Waals surface area contributed by atoms with Gasteiger partial charge in [-0.15, -0.1) is 0 Å². The third-order valence-corrected chi connectivity index (χ3v) is 2.90. The van der Waals surface area contributed by atoms with Gasteiger partial charge in [0.05, 0.1) is 0 Å². The second kappa shape index (κ2) is 5.23. The molecule has 0 amide bonds. The van der Waals surface area contributed by atoms with Crippen molar-refractivity contribution in [1.82, 2.24) is 9.97 Å². The quantitative estimate of drug-likeness (QED) is 0.891. The largest absolute Gasteiger partial charge is 0.383 e. The third kappa shape index (κ3) is 2.71. The molecule has 0 saturated heterocycles. The molecule has 1 aromatic heterocycles. The third-order valence-electron chi connectivity index (χ3n) is 2.65. The van der Waals surface area contributed by atoms with E-state index in [1.54, 1.807) is 0 Å². The first kappa shape index (κ1) is 12.6. The number of rotatable bonds is 3. The molecule has 0 fully saturated rings. The molecule has 0 aliphatic carbocycles. The number of aromatic nitrogens is 2. The number of nitrogen functional groups attached to an aromatic ring is 1. The molecule has 0 atom stereocenters. The summed E-state index contributed by atoms with van der Waals surface area (Å²) in [4.78, 5) is 8.65. The highest BCUT2D eigenvalue weighted by atomic mass is 35.5. The number of benzene rings is 1. The Hall–Kier alpha value is -1.81. The molecule has 0 bridgehead atoms. The smallest absolute Gasteiger partial charge is 0.139 e. The maximum Gasteiger partial charge on any atom is 0.139 e. The molecule has 0 aliphatic heterocycles. The van der Waals surface area contributed by atoms with Crippen molar-refractivity contribution in [3.05, 3.63) is 40.7 Å². The Morgan fingerprint density at radius 2 is 1.89 bits per heavy atom. The van der Waals surface area contributed by atoms with Crippen molar-refractivity contribution in [2.24, 2.45) is 0 Å². The molecule has 0 saturated carbocycles. The molecule has 4 nitrogen and oxygen atoms in total. The van der Waals surface area contributed by atoms with Crippen LogP contribution in [0.1, 0.15) is 18.3 Å². The van der Waals surface area contributed by atoms with Gasteiger partial charge in [-0.25, -0.2) is 9.97 Å². The van der Waals surface area contributed by atoms with E-state index in [0.717, 1.165) is 29.3 Å². The lowest BCUT2D eigenvalue weighted by Gasteiger charge is -2.11. The average Bonchev–Trinajstić information content (AvgIpc) is 2.37. The van der Waals surface area contributed by atoms with Crippen LogP contribution >= 0.6 is 11.6 Å². The molecule has 3 N–H and O–H groups in total. The number of hydrogen-bond donors (Lipinski definition) is 2. The lowest BCUT2D eigenvalue weighted by molar-refractivity contribution is 0.940. The van der Waals surface area contributed by atoms with Gasteiger partial charge < -0.3 is 11.1 Å². The van der Waals surface area contributed by atoms with Gasteiger partial charge in [0, 0.05) is 22.7 Å². The molecule has 0 spiro atoms. The zero-order chi connectivity index (χ0) is 13.1. The Labute approximate surface area is 111 Å². The van der Waals surface area contributed by atoms with E-state index in [2.05, 4.69) is 15.3 Å². The number of nitrogens with zero attached hydrogens (tertiary/aromatic N) is 2. The molecule has 0 aliphatic rings. The van der Waals surface area contributed by atoms with E-state index in [4.69, 9.17) is 17.3 Å². The van der Waals surface area contributed by atoms with Gasteiger partial charge in [-0.05, 0) is 31.2 Å². The summed E-state index contributed by atoms with van der Waals surface area (Å²) >= 11 is 5.85. The van der Waals surface area contributed by atoms with E-state index >= 15 is 0 Å². The minimum Gasteiger partial charge on any atom is -0.383 e. The van der Waals surface area contributed by atoms with E-state index in [1.165, 1.54) is 0 Å². The van der Waals surface area contributed by atoms with Crippen LogP contribution in [-0.4, -0.2) is 9.97 Å². The van der Waals surface area contributed by atoms with Gasteiger partial charge in [0.1, 0.15) is 17.5 Å². The number of anilines is 3. The minimum absolute atomic E-state index is 0.512. The van der Waals surface area contributed by atoms with Crippen LogP contribution in [0, 0.1) is 6.92 Å². The summed E-state index contributed by atoms with van der Waals surface area (Å²) in [6.07, 6.45) is 0.750. The van der Waals surface area contributed by atoms with Crippen LogP contribution in [0.2, 0.25) is 5.02 Å². The van der Waals surface area contributed by atoms with Gasteiger partial charge in [0.25, 0.3) is 0 Å². The van der Waals surface area contributed by atoms with Gasteiger partial charge in [0.2, 0.25) is 0 Å². The van der Waals surface area contributed by atoms with Crippen LogP contribution < -0.4 is 11.1 Å². The Balaban J connectivity index is 2.33. The maximum absolute atomic E-state index is 5.86. The van der Waals surface area contributed by atoms with Crippen LogP contribution in [-0.2, 0) is 6.42 Å². The first-order chi connectivity index (χ1) is 8.60. The van der Waals surface area contributed by atoms with Crippen molar-refractivity contribution >= 4 is 28.9 Å². The van der Waals surface area contributed by atoms with Crippen molar-refractivity contribution in [2.45, 2.75) is 20.3 Å². The second-order valence-corrected chi connectivity index (χ2v) is 4.42. The molecule has 1 aromatic carbocycles. The normalized spacial score (nSPS) is 10.4. The van der Waals surface area contributed by atoms with Gasteiger partial charge in [-0.2, -0.15) is 0 Å². The molecule has 2 rings (SSSR count). The fourth-order valence-corrected chi connectivity index (χ4v) is 1.66. The van der Waals surface area contributed by atoms with Crippen LogP contribution in [0.25, 0.3) is 0 Å². The molecule has 0 radical (unpaired) electrons.